The molecule has 1 atom stereocenters. The Morgan fingerprint density at radius 3 is 2.63 bits per heavy atom. The minimum absolute atomic E-state index is 0.0753. The summed E-state index contributed by atoms with van der Waals surface area (Å²) in [5.74, 6) is -0.920. The lowest BCUT2D eigenvalue weighted by atomic mass is 10.1. The van der Waals surface area contributed by atoms with Crippen LogP contribution in [0.2, 0.25) is 0 Å². The van der Waals surface area contributed by atoms with Crippen LogP contribution in [0.4, 0.5) is 10.5 Å². The standard InChI is InChI=1S/C13H18N2O3S/c1-3-9(8-12(16)17)14-13(18)15-10-6-4-5-7-11(10)19-2/h4-7,9H,3,8H2,1-2H3,(H,16,17)(H2,14,15,18). The normalized spacial score (nSPS) is 11.7. The Morgan fingerprint density at radius 2 is 2.05 bits per heavy atom. The summed E-state index contributed by atoms with van der Waals surface area (Å²) in [5, 5.41) is 14.1. The van der Waals surface area contributed by atoms with E-state index >= 15 is 0 Å². The molecule has 3 N–H and O–H groups in total. The number of hydrogen-bond donors (Lipinski definition) is 3. The van der Waals surface area contributed by atoms with Crippen molar-refractivity contribution in [1.82, 2.24) is 5.32 Å². The van der Waals surface area contributed by atoms with Crippen LogP contribution in [0.3, 0.4) is 0 Å². The molecule has 1 aromatic carbocycles. The minimum Gasteiger partial charge on any atom is -0.481 e. The molecule has 19 heavy (non-hydrogen) atoms. The van der Waals surface area contributed by atoms with Crippen LogP contribution in [0.1, 0.15) is 19.8 Å². The number of urea groups is 1. The highest BCUT2D eigenvalue weighted by Crippen LogP contribution is 2.24. The second-order valence-corrected chi connectivity index (χ2v) is 4.85. The molecule has 2 amide bonds. The second-order valence-electron chi connectivity index (χ2n) is 4.00. The lowest BCUT2D eigenvalue weighted by molar-refractivity contribution is -0.137. The van der Waals surface area contributed by atoms with Crippen LogP contribution in [0.5, 0.6) is 0 Å². The number of carboxylic acids is 1. The van der Waals surface area contributed by atoms with Gasteiger partial charge in [0.2, 0.25) is 0 Å². The fourth-order valence-electron chi connectivity index (χ4n) is 1.60. The third-order valence-corrected chi connectivity index (χ3v) is 3.40. The van der Waals surface area contributed by atoms with Gasteiger partial charge in [0.25, 0.3) is 0 Å². The van der Waals surface area contributed by atoms with Crippen molar-refractivity contribution in [2.24, 2.45) is 0 Å². The Labute approximate surface area is 116 Å². The summed E-state index contributed by atoms with van der Waals surface area (Å²) in [6, 6.07) is 6.71. The number of carbonyl (C=O) groups excluding carboxylic acids is 1. The van der Waals surface area contributed by atoms with E-state index in [1.54, 1.807) is 0 Å². The van der Waals surface area contributed by atoms with Gasteiger partial charge in [-0.3, -0.25) is 4.79 Å². The number of nitrogens with one attached hydrogen (secondary N) is 2. The first-order valence-electron chi connectivity index (χ1n) is 5.99. The number of amides is 2. The highest BCUT2D eigenvalue weighted by atomic mass is 32.2. The molecule has 1 aromatic rings. The van der Waals surface area contributed by atoms with Crippen LogP contribution < -0.4 is 10.6 Å². The van der Waals surface area contributed by atoms with Gasteiger partial charge in [0, 0.05) is 10.9 Å². The average Bonchev–Trinajstić information content (AvgIpc) is 2.38. The molecule has 0 spiro atoms. The summed E-state index contributed by atoms with van der Waals surface area (Å²) in [5.41, 5.74) is 0.720. The van der Waals surface area contributed by atoms with Gasteiger partial charge in [0.15, 0.2) is 0 Å². The van der Waals surface area contributed by atoms with Crippen molar-refractivity contribution in [2.45, 2.75) is 30.7 Å². The lowest BCUT2D eigenvalue weighted by Gasteiger charge is -2.16. The molecule has 0 aliphatic carbocycles. The van der Waals surface area contributed by atoms with Crippen LogP contribution in [0.25, 0.3) is 0 Å². The number of hydrogen-bond acceptors (Lipinski definition) is 3. The van der Waals surface area contributed by atoms with Crippen molar-refractivity contribution in [3.05, 3.63) is 24.3 Å². The van der Waals surface area contributed by atoms with Gasteiger partial charge < -0.3 is 15.7 Å². The molecule has 6 heteroatoms. The Morgan fingerprint density at radius 1 is 1.37 bits per heavy atom. The molecule has 0 aliphatic rings. The smallest absolute Gasteiger partial charge is 0.319 e. The van der Waals surface area contributed by atoms with E-state index in [0.717, 1.165) is 10.6 Å². The van der Waals surface area contributed by atoms with Gasteiger partial charge in [-0.2, -0.15) is 0 Å². The average molecular weight is 282 g/mol. The van der Waals surface area contributed by atoms with Crippen LogP contribution >= 0.6 is 11.8 Å². The third kappa shape index (κ3) is 5.21. The Balaban J connectivity index is 2.61. The molecule has 0 aliphatic heterocycles. The summed E-state index contributed by atoms with van der Waals surface area (Å²) in [7, 11) is 0. The first kappa shape index (κ1) is 15.4. The fourth-order valence-corrected chi connectivity index (χ4v) is 2.15. The molecule has 0 heterocycles. The number of rotatable bonds is 6. The van der Waals surface area contributed by atoms with Crippen LogP contribution in [0, 0.1) is 0 Å². The summed E-state index contributed by atoms with van der Waals surface area (Å²) >= 11 is 1.54. The molecule has 0 saturated carbocycles. The zero-order valence-electron chi connectivity index (χ0n) is 11.0. The number of thioether (sulfide) groups is 1. The van der Waals surface area contributed by atoms with E-state index in [1.165, 1.54) is 11.8 Å². The molecule has 1 rings (SSSR count). The zero-order valence-corrected chi connectivity index (χ0v) is 11.8. The molecule has 1 unspecified atom stereocenters. The maximum Gasteiger partial charge on any atom is 0.319 e. The Bertz CT molecular complexity index is 451. The van der Waals surface area contributed by atoms with Crippen molar-refractivity contribution in [3.63, 3.8) is 0 Å². The number of carboxylic acid groups (broad SMARTS) is 1. The maximum absolute atomic E-state index is 11.8. The number of anilines is 1. The van der Waals surface area contributed by atoms with Crippen LogP contribution in [-0.2, 0) is 4.79 Å². The van der Waals surface area contributed by atoms with E-state index in [9.17, 15) is 9.59 Å². The van der Waals surface area contributed by atoms with Crippen LogP contribution in [-0.4, -0.2) is 29.4 Å². The van der Waals surface area contributed by atoms with E-state index in [1.807, 2.05) is 37.4 Å². The lowest BCUT2D eigenvalue weighted by Crippen LogP contribution is -2.38. The molecule has 0 bridgehead atoms. The fraction of sp³-hybridized carbons (Fsp3) is 0.385. The first-order chi connectivity index (χ1) is 9.06. The quantitative estimate of drug-likeness (QED) is 0.701. The molecule has 0 radical (unpaired) electrons. The molecule has 0 fully saturated rings. The van der Waals surface area contributed by atoms with Gasteiger partial charge in [0.1, 0.15) is 0 Å². The number of aliphatic carboxylic acids is 1. The number of para-hydroxylation sites is 1. The molecule has 5 nitrogen and oxygen atoms in total. The summed E-state index contributed by atoms with van der Waals surface area (Å²) in [4.78, 5) is 23.4. The van der Waals surface area contributed by atoms with Gasteiger partial charge in [-0.1, -0.05) is 19.1 Å². The van der Waals surface area contributed by atoms with Gasteiger partial charge in [0.05, 0.1) is 12.1 Å². The van der Waals surface area contributed by atoms with E-state index < -0.39 is 5.97 Å². The van der Waals surface area contributed by atoms with Crippen molar-refractivity contribution >= 4 is 29.4 Å². The highest BCUT2D eigenvalue weighted by molar-refractivity contribution is 7.98. The Hall–Kier alpha value is -1.69. The predicted octanol–water partition coefficient (Wildman–Crippen LogP) is 2.78. The zero-order chi connectivity index (χ0) is 14.3. The van der Waals surface area contributed by atoms with Crippen molar-refractivity contribution in [3.8, 4) is 0 Å². The van der Waals surface area contributed by atoms with Crippen LogP contribution in [0.15, 0.2) is 29.2 Å². The summed E-state index contributed by atoms with van der Waals surface area (Å²) in [6.45, 7) is 1.84. The summed E-state index contributed by atoms with van der Waals surface area (Å²) in [6.07, 6.45) is 2.43. The van der Waals surface area contributed by atoms with E-state index in [-0.39, 0.29) is 18.5 Å². The van der Waals surface area contributed by atoms with E-state index in [0.29, 0.717) is 6.42 Å². The topological polar surface area (TPSA) is 78.4 Å². The van der Waals surface area contributed by atoms with E-state index in [4.69, 9.17) is 5.11 Å². The molecule has 104 valence electrons. The minimum atomic E-state index is -0.920. The van der Waals surface area contributed by atoms with Crippen molar-refractivity contribution < 1.29 is 14.7 Å². The molecular formula is C13H18N2O3S. The van der Waals surface area contributed by atoms with E-state index in [2.05, 4.69) is 10.6 Å². The first-order valence-corrected chi connectivity index (χ1v) is 7.21. The highest BCUT2D eigenvalue weighted by Gasteiger charge is 2.14. The summed E-state index contributed by atoms with van der Waals surface area (Å²) < 4.78 is 0. The third-order valence-electron chi connectivity index (χ3n) is 2.60. The molecular weight excluding hydrogens is 264 g/mol. The van der Waals surface area contributed by atoms with Gasteiger partial charge >= 0.3 is 12.0 Å². The van der Waals surface area contributed by atoms with Gasteiger partial charge in [-0.25, -0.2) is 4.79 Å². The molecule has 0 aromatic heterocycles. The van der Waals surface area contributed by atoms with Crippen molar-refractivity contribution in [2.75, 3.05) is 11.6 Å². The maximum atomic E-state index is 11.8. The van der Waals surface area contributed by atoms with Crippen molar-refractivity contribution in [1.29, 1.82) is 0 Å². The predicted molar refractivity (Wildman–Crippen MR) is 76.7 cm³/mol. The number of carbonyl (C=O) groups is 2. The number of benzene rings is 1. The van der Waals surface area contributed by atoms with Gasteiger partial charge in [-0.05, 0) is 24.8 Å². The SMILES string of the molecule is CCC(CC(=O)O)NC(=O)Nc1ccccc1SC. The monoisotopic (exact) mass is 282 g/mol. The molecule has 0 saturated heterocycles. The Kier molecular flexibility index (Phi) is 6.21. The van der Waals surface area contributed by atoms with Gasteiger partial charge in [-0.15, -0.1) is 11.8 Å². The largest absolute Gasteiger partial charge is 0.481 e. The second kappa shape index (κ2) is 7.68.